The van der Waals surface area contributed by atoms with Crippen molar-refractivity contribution in [1.29, 1.82) is 0 Å². The van der Waals surface area contributed by atoms with Crippen LogP contribution in [0.3, 0.4) is 0 Å². The lowest BCUT2D eigenvalue weighted by atomic mass is 9.93. The zero-order valence-corrected chi connectivity index (χ0v) is 19.7. The summed E-state index contributed by atoms with van der Waals surface area (Å²) in [6.45, 7) is 12.0. The normalized spacial score (nSPS) is 19.4. The van der Waals surface area contributed by atoms with Crippen LogP contribution in [0.15, 0.2) is 30.3 Å². The molecule has 1 aliphatic heterocycles. The van der Waals surface area contributed by atoms with E-state index in [4.69, 9.17) is 19.4 Å². The highest BCUT2D eigenvalue weighted by atomic mass is 28.4. The Morgan fingerprint density at radius 1 is 1.19 bits per heavy atom. The fraction of sp³-hybridized carbons (Fsp3) is 0.524. The van der Waals surface area contributed by atoms with E-state index in [0.29, 0.717) is 5.56 Å². The van der Waals surface area contributed by atoms with Gasteiger partial charge in [-0.15, -0.1) is 0 Å². The Bertz CT molecular complexity index is 890. The molecule has 0 aliphatic carbocycles. The number of amides is 1. The first-order chi connectivity index (χ1) is 14.4. The molecule has 0 spiro atoms. The molecule has 1 heterocycles. The third-order valence-electron chi connectivity index (χ3n) is 5.64. The lowest BCUT2D eigenvalue weighted by Crippen LogP contribution is -2.65. The van der Waals surface area contributed by atoms with Crippen molar-refractivity contribution in [1.82, 2.24) is 5.32 Å². The maximum Gasteiger partial charge on any atom is 0.482 e. The molecule has 9 nitrogen and oxygen atoms in total. The Kier molecular flexibility index (Phi) is 7.53. The summed E-state index contributed by atoms with van der Waals surface area (Å²) in [5.41, 5.74) is 8.91. The monoisotopic (exact) mass is 447 g/mol. The summed E-state index contributed by atoms with van der Waals surface area (Å²) in [6, 6.07) is 8.82. The van der Waals surface area contributed by atoms with E-state index in [2.05, 4.69) is 44.0 Å². The summed E-state index contributed by atoms with van der Waals surface area (Å²) in [7, 11) is -2.16. The molecule has 0 bridgehead atoms. The molecule has 1 saturated heterocycles. The first-order valence-electron chi connectivity index (χ1n) is 9.99. The third kappa shape index (κ3) is 5.87. The molecule has 1 aromatic carbocycles. The molecular weight excluding hydrogens is 418 g/mol. The van der Waals surface area contributed by atoms with Gasteiger partial charge in [0.2, 0.25) is 5.91 Å². The molecular formula is C21H29N3O6Si. The van der Waals surface area contributed by atoms with Crippen molar-refractivity contribution in [2.75, 3.05) is 0 Å². The standard InChI is InChI=1S/C21H29N3O6Si/c1-13(30-31(5,6)21(2,3)4)15-17(25)23-18(15)29-20(27)16(24-22)19(26)28-12-14-10-8-7-9-11-14/h7-11,13,15,18H,12H2,1-6H3,(H,23,25)/t13-,15-,18-/m1/s1. The van der Waals surface area contributed by atoms with Gasteiger partial charge in [-0.05, 0) is 30.6 Å². The minimum absolute atomic E-state index is 0.0626. The van der Waals surface area contributed by atoms with Crippen molar-refractivity contribution in [3.05, 3.63) is 41.4 Å². The van der Waals surface area contributed by atoms with Gasteiger partial charge in [0, 0.05) is 0 Å². The zero-order chi connectivity index (χ0) is 23.4. The molecule has 2 rings (SSSR count). The van der Waals surface area contributed by atoms with Gasteiger partial charge >= 0.3 is 17.7 Å². The number of nitrogens with one attached hydrogen (secondary N) is 1. The summed E-state index contributed by atoms with van der Waals surface area (Å²) in [6.07, 6.45) is -1.51. The van der Waals surface area contributed by atoms with Gasteiger partial charge in [0.15, 0.2) is 14.5 Å². The van der Waals surface area contributed by atoms with Gasteiger partial charge in [-0.1, -0.05) is 51.1 Å². The predicted octanol–water partition coefficient (Wildman–Crippen LogP) is 2.43. The van der Waals surface area contributed by atoms with Crippen molar-refractivity contribution in [2.24, 2.45) is 5.92 Å². The Balaban J connectivity index is 1.98. The summed E-state index contributed by atoms with van der Waals surface area (Å²) in [5, 5.41) is 2.41. The maximum atomic E-state index is 12.4. The van der Waals surface area contributed by atoms with Crippen molar-refractivity contribution in [3.63, 3.8) is 0 Å². The minimum Gasteiger partial charge on any atom is -0.452 e. The summed E-state index contributed by atoms with van der Waals surface area (Å²) in [4.78, 5) is 39.3. The van der Waals surface area contributed by atoms with Crippen LogP contribution >= 0.6 is 0 Å². The van der Waals surface area contributed by atoms with E-state index in [1.165, 1.54) is 0 Å². The van der Waals surface area contributed by atoms with Crippen molar-refractivity contribution in [2.45, 2.75) is 64.8 Å². The molecule has 0 radical (unpaired) electrons. The van der Waals surface area contributed by atoms with Crippen LogP contribution in [0.1, 0.15) is 33.3 Å². The van der Waals surface area contributed by atoms with Gasteiger partial charge in [0.1, 0.15) is 12.5 Å². The topological polar surface area (TPSA) is 127 Å². The Hall–Kier alpha value is -2.81. The quantitative estimate of drug-likeness (QED) is 0.124. The van der Waals surface area contributed by atoms with Crippen LogP contribution in [0.2, 0.25) is 18.1 Å². The number of nitrogens with zero attached hydrogens (tertiary/aromatic N) is 2. The number of carbonyl (C=O) groups excluding carboxylic acids is 3. The molecule has 168 valence electrons. The van der Waals surface area contributed by atoms with Gasteiger partial charge in [-0.25, -0.2) is 9.59 Å². The third-order valence-corrected chi connectivity index (χ3v) is 10.2. The second-order valence-corrected chi connectivity index (χ2v) is 13.7. The molecule has 1 aliphatic rings. The van der Waals surface area contributed by atoms with Crippen LogP contribution in [0, 0.1) is 5.92 Å². The number of carbonyl (C=O) groups is 3. The van der Waals surface area contributed by atoms with E-state index in [0.717, 1.165) is 0 Å². The molecule has 0 saturated carbocycles. The van der Waals surface area contributed by atoms with Gasteiger partial charge in [0.05, 0.1) is 6.10 Å². The number of esters is 2. The van der Waals surface area contributed by atoms with E-state index >= 15 is 0 Å². The Labute approximate surface area is 182 Å². The summed E-state index contributed by atoms with van der Waals surface area (Å²) < 4.78 is 16.4. The fourth-order valence-electron chi connectivity index (χ4n) is 2.77. The van der Waals surface area contributed by atoms with Crippen molar-refractivity contribution in [3.8, 4) is 0 Å². The highest BCUT2D eigenvalue weighted by Gasteiger charge is 2.50. The van der Waals surface area contributed by atoms with Crippen molar-refractivity contribution < 1.29 is 33.1 Å². The molecule has 3 atom stereocenters. The highest BCUT2D eigenvalue weighted by Crippen LogP contribution is 2.39. The van der Waals surface area contributed by atoms with Crippen LogP contribution < -0.4 is 5.32 Å². The lowest BCUT2D eigenvalue weighted by molar-refractivity contribution is -0.173. The molecule has 1 N–H and O–H groups in total. The van der Waals surface area contributed by atoms with Gasteiger partial charge in [0.25, 0.3) is 0 Å². The molecule has 1 aromatic rings. The lowest BCUT2D eigenvalue weighted by Gasteiger charge is -2.44. The van der Waals surface area contributed by atoms with Crippen LogP contribution in [0.4, 0.5) is 0 Å². The number of benzene rings is 1. The number of hydrogen-bond acceptors (Lipinski definition) is 6. The number of β-lactam (4-membered cyclic amide) rings is 1. The van der Waals surface area contributed by atoms with Crippen LogP contribution in [-0.2, 0) is 34.9 Å². The second-order valence-electron chi connectivity index (χ2n) is 8.95. The first-order valence-corrected chi connectivity index (χ1v) is 12.9. The predicted molar refractivity (Wildman–Crippen MR) is 114 cm³/mol. The molecule has 0 aromatic heterocycles. The van der Waals surface area contributed by atoms with Crippen molar-refractivity contribution >= 4 is 31.9 Å². The van der Waals surface area contributed by atoms with E-state index < -0.39 is 44.2 Å². The second kappa shape index (κ2) is 9.55. The van der Waals surface area contributed by atoms with Crippen LogP contribution in [0.5, 0.6) is 0 Å². The minimum atomic E-state index is -2.16. The highest BCUT2D eigenvalue weighted by molar-refractivity contribution is 6.74. The summed E-state index contributed by atoms with van der Waals surface area (Å²) in [5.74, 6) is -3.39. The first kappa shape index (κ1) is 24.5. The SMILES string of the molecule is C[C@@H](O[Si](C)(C)C(C)(C)C)[C@@H]1C(=O)N[C@@H]1OC(=O)C(=[N+]=[N-])C(=O)OCc1ccccc1. The molecule has 1 amide bonds. The van der Waals surface area contributed by atoms with Gasteiger partial charge in [-0.2, -0.15) is 4.79 Å². The summed E-state index contributed by atoms with van der Waals surface area (Å²) >= 11 is 0. The van der Waals surface area contributed by atoms with Gasteiger partial charge < -0.3 is 24.7 Å². The van der Waals surface area contributed by atoms with E-state index in [-0.39, 0.29) is 17.6 Å². The number of rotatable bonds is 8. The van der Waals surface area contributed by atoms with Crippen LogP contribution in [-0.4, -0.2) is 49.0 Å². The Morgan fingerprint density at radius 2 is 1.81 bits per heavy atom. The van der Waals surface area contributed by atoms with E-state index in [1.54, 1.807) is 31.2 Å². The fourth-order valence-corrected chi connectivity index (χ4v) is 4.20. The van der Waals surface area contributed by atoms with E-state index in [1.807, 2.05) is 6.07 Å². The molecule has 31 heavy (non-hydrogen) atoms. The smallest absolute Gasteiger partial charge is 0.452 e. The zero-order valence-electron chi connectivity index (χ0n) is 18.7. The molecule has 0 unspecified atom stereocenters. The van der Waals surface area contributed by atoms with E-state index in [9.17, 15) is 14.4 Å². The Morgan fingerprint density at radius 3 is 2.32 bits per heavy atom. The average Bonchev–Trinajstić information content (AvgIpc) is 2.65. The van der Waals surface area contributed by atoms with Crippen LogP contribution in [0.25, 0.3) is 5.53 Å². The number of ether oxygens (including phenoxy) is 2. The number of hydrogen-bond donors (Lipinski definition) is 1. The average molecular weight is 448 g/mol. The largest absolute Gasteiger partial charge is 0.482 e. The molecule has 1 fully saturated rings. The molecule has 10 heteroatoms. The van der Waals surface area contributed by atoms with Gasteiger partial charge in [-0.3, -0.25) is 4.79 Å². The maximum absolute atomic E-state index is 12.4.